The second kappa shape index (κ2) is 7.32. The Kier molecular flexibility index (Phi) is 4.36. The lowest BCUT2D eigenvalue weighted by Crippen LogP contribution is -2.70. The number of rotatable bonds is 5. The molecule has 3 aromatic rings. The van der Waals surface area contributed by atoms with Crippen LogP contribution in [0.4, 0.5) is 0 Å². The number of nitrogens with zero attached hydrogens (tertiary/aromatic N) is 3. The summed E-state index contributed by atoms with van der Waals surface area (Å²) in [7, 11) is 0. The fourth-order valence-electron chi connectivity index (χ4n) is 8.88. The van der Waals surface area contributed by atoms with Crippen LogP contribution < -0.4 is 26.9 Å². The van der Waals surface area contributed by atoms with Crippen molar-refractivity contribution in [2.45, 2.75) is 81.6 Å². The van der Waals surface area contributed by atoms with Crippen molar-refractivity contribution < 1.29 is 4.74 Å². The number of hydrogen-bond donors (Lipinski definition) is 2. The molecule has 2 bridgehead atoms. The zero-order valence-corrected chi connectivity index (χ0v) is 21.0. The van der Waals surface area contributed by atoms with Crippen LogP contribution in [0.5, 0.6) is 5.75 Å². The summed E-state index contributed by atoms with van der Waals surface area (Å²) in [4.78, 5) is 30.3. The number of aromatic nitrogens is 3. The average Bonchev–Trinajstić information content (AvgIpc) is 3.30. The van der Waals surface area contributed by atoms with E-state index in [4.69, 9.17) is 10.5 Å². The molecule has 2 aliphatic heterocycles. The highest BCUT2D eigenvalue weighted by atomic mass is 16.5. The van der Waals surface area contributed by atoms with Gasteiger partial charge in [-0.15, -0.1) is 0 Å². The SMILES string of the molecule is N[C@@]12CC3(NCc4cc5c(cn4)OCCC5)CCC1(C[C@@H]1Cn4c(=O)ccc5ccc(=O)n1c54)CC2C3. The van der Waals surface area contributed by atoms with E-state index in [9.17, 15) is 9.59 Å². The molecule has 3 fully saturated rings. The first-order valence-electron chi connectivity index (χ1n) is 13.8. The molecule has 8 nitrogen and oxygen atoms in total. The Hall–Kier alpha value is -2.97. The molecule has 192 valence electrons. The highest BCUT2D eigenvalue weighted by Crippen LogP contribution is 2.72. The molecule has 8 rings (SSSR count). The maximum absolute atomic E-state index is 13.0. The van der Waals surface area contributed by atoms with Gasteiger partial charge < -0.3 is 15.8 Å². The van der Waals surface area contributed by atoms with Crippen molar-refractivity contribution in [2.24, 2.45) is 17.1 Å². The number of ether oxygens (including phenoxy) is 1. The highest BCUT2D eigenvalue weighted by Gasteiger charge is 2.72. The zero-order valence-electron chi connectivity index (χ0n) is 21.0. The van der Waals surface area contributed by atoms with Crippen LogP contribution >= 0.6 is 0 Å². The quantitative estimate of drug-likeness (QED) is 0.559. The minimum Gasteiger partial charge on any atom is -0.492 e. The van der Waals surface area contributed by atoms with E-state index in [0.717, 1.165) is 87.0 Å². The zero-order chi connectivity index (χ0) is 25.0. The van der Waals surface area contributed by atoms with Gasteiger partial charge in [0.1, 0.15) is 11.4 Å². The van der Waals surface area contributed by atoms with Crippen LogP contribution in [0.15, 0.2) is 46.1 Å². The molecule has 0 saturated heterocycles. The molecule has 0 aromatic carbocycles. The van der Waals surface area contributed by atoms with Gasteiger partial charge in [0.25, 0.3) is 11.1 Å². The van der Waals surface area contributed by atoms with E-state index in [1.165, 1.54) is 5.56 Å². The predicted molar refractivity (Wildman–Crippen MR) is 140 cm³/mol. The van der Waals surface area contributed by atoms with Crippen molar-refractivity contribution in [3.05, 3.63) is 68.5 Å². The largest absolute Gasteiger partial charge is 0.492 e. The minimum absolute atomic E-state index is 0.0179. The van der Waals surface area contributed by atoms with Crippen molar-refractivity contribution in [2.75, 3.05) is 6.61 Å². The van der Waals surface area contributed by atoms with E-state index in [1.807, 2.05) is 22.9 Å². The van der Waals surface area contributed by atoms with Gasteiger partial charge in [-0.1, -0.05) is 0 Å². The molecule has 3 aromatic heterocycles. The Balaban J connectivity index is 1.03. The van der Waals surface area contributed by atoms with Gasteiger partial charge in [0.15, 0.2) is 0 Å². The molecule has 5 aliphatic rings. The van der Waals surface area contributed by atoms with Crippen LogP contribution in [-0.4, -0.2) is 31.8 Å². The second-order valence-corrected chi connectivity index (χ2v) is 12.4. The van der Waals surface area contributed by atoms with Crippen molar-refractivity contribution in [1.29, 1.82) is 0 Å². The molecule has 3 N–H and O–H groups in total. The number of pyridine rings is 3. The fourth-order valence-corrected chi connectivity index (χ4v) is 8.88. The average molecular weight is 500 g/mol. The maximum Gasteiger partial charge on any atom is 0.252 e. The van der Waals surface area contributed by atoms with Crippen LogP contribution in [0, 0.1) is 11.3 Å². The third kappa shape index (κ3) is 2.94. The fraction of sp³-hybridized carbons (Fsp3) is 0.552. The van der Waals surface area contributed by atoms with E-state index in [2.05, 4.69) is 16.4 Å². The molecule has 3 aliphatic carbocycles. The van der Waals surface area contributed by atoms with E-state index in [-0.39, 0.29) is 33.7 Å². The summed E-state index contributed by atoms with van der Waals surface area (Å²) in [6.07, 6.45) is 10.2. The molecule has 5 atom stereocenters. The van der Waals surface area contributed by atoms with Crippen molar-refractivity contribution >= 4 is 11.0 Å². The minimum atomic E-state index is -0.216. The van der Waals surface area contributed by atoms with Gasteiger partial charge in [-0.3, -0.25) is 23.7 Å². The summed E-state index contributed by atoms with van der Waals surface area (Å²) < 4.78 is 9.40. The van der Waals surface area contributed by atoms with Crippen LogP contribution in [0.25, 0.3) is 11.0 Å². The molecule has 5 heterocycles. The van der Waals surface area contributed by atoms with Crippen molar-refractivity contribution in [1.82, 2.24) is 19.4 Å². The molecular formula is C29H33N5O3. The summed E-state index contributed by atoms with van der Waals surface area (Å²) in [6, 6.07) is 9.10. The Labute approximate surface area is 214 Å². The molecule has 3 saturated carbocycles. The molecule has 8 heteroatoms. The lowest BCUT2D eigenvalue weighted by atomic mass is 9.45. The Bertz CT molecular complexity index is 1570. The monoisotopic (exact) mass is 499 g/mol. The van der Waals surface area contributed by atoms with Gasteiger partial charge in [-0.05, 0) is 86.5 Å². The van der Waals surface area contributed by atoms with Gasteiger partial charge >= 0.3 is 0 Å². The molecule has 0 amide bonds. The summed E-state index contributed by atoms with van der Waals surface area (Å²) in [5.41, 5.74) is 10.2. The second-order valence-electron chi connectivity index (χ2n) is 12.4. The predicted octanol–water partition coefficient (Wildman–Crippen LogP) is 2.65. The number of aryl methyl sites for hydroxylation is 1. The summed E-state index contributed by atoms with van der Waals surface area (Å²) in [6.45, 7) is 2.10. The Morgan fingerprint density at radius 3 is 2.89 bits per heavy atom. The van der Waals surface area contributed by atoms with Gasteiger partial charge in [-0.25, -0.2) is 0 Å². The maximum atomic E-state index is 13.0. The van der Waals surface area contributed by atoms with Crippen molar-refractivity contribution in [3.63, 3.8) is 0 Å². The molecular weight excluding hydrogens is 466 g/mol. The first-order chi connectivity index (χ1) is 17.9. The molecule has 0 radical (unpaired) electrons. The van der Waals surface area contributed by atoms with Crippen LogP contribution in [0.2, 0.25) is 0 Å². The van der Waals surface area contributed by atoms with Crippen LogP contribution in [-0.2, 0) is 19.5 Å². The normalized spacial score (nSPS) is 34.7. The number of fused-ring (bicyclic) bond motifs is 2. The van der Waals surface area contributed by atoms with Gasteiger partial charge in [0.2, 0.25) is 0 Å². The van der Waals surface area contributed by atoms with E-state index >= 15 is 0 Å². The van der Waals surface area contributed by atoms with E-state index in [0.29, 0.717) is 12.5 Å². The van der Waals surface area contributed by atoms with Gasteiger partial charge in [-0.2, -0.15) is 0 Å². The molecule has 0 spiro atoms. The standard InChI is InChI=1S/C29H33N5O3/c30-29-17-28(32-14-21-10-19-2-1-9-37-23(19)15-31-21)8-7-27(29,11-20(29)12-28)13-22-16-33-24(35)5-3-18-4-6-25(36)34(22)26(18)33/h3-6,10,15,20,22,32H,1-2,7-9,11-14,16-17,30H2/t20?,22-,27?,28?,29-/m1/s1. The Morgan fingerprint density at radius 1 is 1.14 bits per heavy atom. The first-order valence-corrected chi connectivity index (χ1v) is 13.8. The number of nitrogens with two attached hydrogens (primary N) is 1. The Morgan fingerprint density at radius 2 is 2.00 bits per heavy atom. The van der Waals surface area contributed by atoms with Crippen molar-refractivity contribution in [3.8, 4) is 5.75 Å². The van der Waals surface area contributed by atoms with Gasteiger partial charge in [0, 0.05) is 41.7 Å². The third-order valence-electron chi connectivity index (χ3n) is 10.6. The topological polar surface area (TPSA) is 104 Å². The van der Waals surface area contributed by atoms with Crippen LogP contribution in [0.3, 0.4) is 0 Å². The van der Waals surface area contributed by atoms with E-state index in [1.54, 1.807) is 16.7 Å². The summed E-state index contributed by atoms with van der Waals surface area (Å²) >= 11 is 0. The summed E-state index contributed by atoms with van der Waals surface area (Å²) in [5.74, 6) is 1.44. The number of hydrogen-bond acceptors (Lipinski definition) is 6. The smallest absolute Gasteiger partial charge is 0.252 e. The number of nitrogens with one attached hydrogen (secondary N) is 1. The molecule has 3 unspecified atom stereocenters. The lowest BCUT2D eigenvalue weighted by Gasteiger charge is -2.63. The molecule has 37 heavy (non-hydrogen) atoms. The van der Waals surface area contributed by atoms with Gasteiger partial charge in [0.05, 0.1) is 24.5 Å². The summed E-state index contributed by atoms with van der Waals surface area (Å²) in [5, 5.41) is 4.85. The first kappa shape index (κ1) is 22.1. The van der Waals surface area contributed by atoms with E-state index < -0.39 is 0 Å². The third-order valence-corrected chi connectivity index (χ3v) is 10.6. The van der Waals surface area contributed by atoms with Crippen LogP contribution in [0.1, 0.15) is 62.2 Å². The highest BCUT2D eigenvalue weighted by molar-refractivity contribution is 5.76. The lowest BCUT2D eigenvalue weighted by molar-refractivity contribution is -0.0858.